The lowest BCUT2D eigenvalue weighted by Crippen LogP contribution is -2.11. The molecule has 0 saturated carbocycles. The van der Waals surface area contributed by atoms with Gasteiger partial charge in [-0.1, -0.05) is 24.3 Å². The van der Waals surface area contributed by atoms with E-state index in [2.05, 4.69) is 4.98 Å². The molecule has 2 aromatic carbocycles. The van der Waals surface area contributed by atoms with Gasteiger partial charge in [-0.25, -0.2) is 13.6 Å². The van der Waals surface area contributed by atoms with E-state index in [1.165, 1.54) is 12.1 Å². The molecule has 0 aliphatic heterocycles. The van der Waals surface area contributed by atoms with E-state index in [-0.39, 0.29) is 4.90 Å². The molecule has 0 aliphatic carbocycles. The number of nitrogens with two attached hydrogens (primary N) is 1. The third-order valence-electron chi connectivity index (χ3n) is 3.62. The number of primary sulfonamides is 1. The number of hydrogen-bond acceptors (Lipinski definition) is 3. The molecule has 23 heavy (non-hydrogen) atoms. The first-order valence-electron chi connectivity index (χ1n) is 6.94. The highest BCUT2D eigenvalue weighted by molar-refractivity contribution is 7.89. The number of hydrogen-bond donors (Lipinski definition) is 2. The van der Waals surface area contributed by atoms with Gasteiger partial charge in [0.15, 0.2) is 0 Å². The fourth-order valence-electron chi connectivity index (χ4n) is 2.43. The smallest absolute Gasteiger partial charge is 0.238 e. The van der Waals surface area contributed by atoms with Crippen LogP contribution in [0, 0.1) is 0 Å². The van der Waals surface area contributed by atoms with E-state index in [0.29, 0.717) is 0 Å². The summed E-state index contributed by atoms with van der Waals surface area (Å²) < 4.78 is 27.8. The summed E-state index contributed by atoms with van der Waals surface area (Å²) in [6.07, 6.45) is 1.85. The summed E-state index contributed by atoms with van der Waals surface area (Å²) in [4.78, 5) is 3.29. The van der Waals surface area contributed by atoms with Gasteiger partial charge in [0.25, 0.3) is 0 Å². The number of aromatic nitrogens is 1. The predicted octanol–water partition coefficient (Wildman–Crippen LogP) is 3.00. The Kier molecular flexibility index (Phi) is 3.94. The summed E-state index contributed by atoms with van der Waals surface area (Å²) >= 11 is 0. The molecule has 0 saturated heterocycles. The van der Waals surface area contributed by atoms with E-state index in [1.807, 2.05) is 36.5 Å². The van der Waals surface area contributed by atoms with Crippen molar-refractivity contribution in [1.29, 1.82) is 0 Å². The van der Waals surface area contributed by atoms with Crippen molar-refractivity contribution in [3.05, 3.63) is 60.8 Å². The van der Waals surface area contributed by atoms with Crippen LogP contribution in [-0.2, 0) is 10.0 Å². The molecule has 0 spiro atoms. The largest absolute Gasteiger partial charge is 0.497 e. The normalized spacial score (nSPS) is 11.4. The third-order valence-corrected chi connectivity index (χ3v) is 4.55. The summed E-state index contributed by atoms with van der Waals surface area (Å²) in [5.41, 5.74) is 3.86. The van der Waals surface area contributed by atoms with Gasteiger partial charge in [0, 0.05) is 11.8 Å². The number of H-pyrrole nitrogens is 1. The summed E-state index contributed by atoms with van der Waals surface area (Å²) in [5.74, 6) is 0.795. The maximum atomic E-state index is 11.3. The Labute approximate surface area is 134 Å². The lowest BCUT2D eigenvalue weighted by molar-refractivity contribution is 0.415. The van der Waals surface area contributed by atoms with Crippen LogP contribution in [0.5, 0.6) is 5.75 Å². The van der Waals surface area contributed by atoms with Crippen molar-refractivity contribution >= 4 is 10.0 Å². The molecule has 3 rings (SSSR count). The van der Waals surface area contributed by atoms with Crippen LogP contribution in [0.4, 0.5) is 0 Å². The molecular weight excluding hydrogens is 312 g/mol. The highest BCUT2D eigenvalue weighted by atomic mass is 32.2. The van der Waals surface area contributed by atoms with Crippen molar-refractivity contribution in [3.63, 3.8) is 0 Å². The molecule has 0 fully saturated rings. The zero-order valence-electron chi connectivity index (χ0n) is 12.5. The van der Waals surface area contributed by atoms with Crippen LogP contribution in [0.2, 0.25) is 0 Å². The third kappa shape index (κ3) is 3.13. The number of rotatable bonds is 4. The van der Waals surface area contributed by atoms with Crippen LogP contribution in [0.25, 0.3) is 22.4 Å². The minimum atomic E-state index is -3.68. The first-order valence-corrected chi connectivity index (χ1v) is 8.49. The van der Waals surface area contributed by atoms with Crippen LogP contribution in [-0.4, -0.2) is 20.5 Å². The van der Waals surface area contributed by atoms with E-state index in [1.54, 1.807) is 19.2 Å². The maximum absolute atomic E-state index is 11.3. The van der Waals surface area contributed by atoms with Gasteiger partial charge in [0.1, 0.15) is 5.75 Å². The quantitative estimate of drug-likeness (QED) is 0.772. The van der Waals surface area contributed by atoms with Crippen molar-refractivity contribution in [1.82, 2.24) is 4.98 Å². The van der Waals surface area contributed by atoms with Crippen LogP contribution < -0.4 is 9.88 Å². The molecule has 5 nitrogen and oxygen atoms in total. The van der Waals surface area contributed by atoms with E-state index in [9.17, 15) is 8.42 Å². The molecule has 1 aromatic heterocycles. The molecule has 0 radical (unpaired) electrons. The van der Waals surface area contributed by atoms with Gasteiger partial charge in [-0.2, -0.15) is 0 Å². The Morgan fingerprint density at radius 3 is 2.09 bits per heavy atom. The van der Waals surface area contributed by atoms with Crippen LogP contribution in [0.1, 0.15) is 0 Å². The number of sulfonamides is 1. The molecule has 1 heterocycles. The van der Waals surface area contributed by atoms with Crippen molar-refractivity contribution in [2.45, 2.75) is 4.90 Å². The zero-order valence-corrected chi connectivity index (χ0v) is 13.3. The Bertz CT molecular complexity index is 911. The van der Waals surface area contributed by atoms with Gasteiger partial charge < -0.3 is 9.72 Å². The Hall–Kier alpha value is -2.57. The first kappa shape index (κ1) is 15.3. The SMILES string of the molecule is COc1ccc(-c2cc[nH]c2-c2ccc(S(N)(=O)=O)cc2)cc1. The Balaban J connectivity index is 2.00. The Morgan fingerprint density at radius 2 is 1.52 bits per heavy atom. The molecule has 6 heteroatoms. The summed E-state index contributed by atoms with van der Waals surface area (Å²) in [6.45, 7) is 0. The van der Waals surface area contributed by atoms with E-state index < -0.39 is 10.0 Å². The van der Waals surface area contributed by atoms with Crippen molar-refractivity contribution in [2.75, 3.05) is 7.11 Å². The Morgan fingerprint density at radius 1 is 0.913 bits per heavy atom. The summed E-state index contributed by atoms with van der Waals surface area (Å²) in [5, 5.41) is 5.13. The number of aromatic amines is 1. The number of methoxy groups -OCH3 is 1. The van der Waals surface area contributed by atoms with Gasteiger partial charge in [-0.05, 0) is 41.5 Å². The molecule has 3 aromatic rings. The fourth-order valence-corrected chi connectivity index (χ4v) is 2.95. The minimum Gasteiger partial charge on any atom is -0.497 e. The van der Waals surface area contributed by atoms with Crippen molar-refractivity contribution < 1.29 is 13.2 Å². The molecular formula is C17H16N2O3S. The van der Waals surface area contributed by atoms with E-state index >= 15 is 0 Å². The second-order valence-electron chi connectivity index (χ2n) is 5.06. The van der Waals surface area contributed by atoms with E-state index in [0.717, 1.165) is 28.1 Å². The highest BCUT2D eigenvalue weighted by Crippen LogP contribution is 2.32. The van der Waals surface area contributed by atoms with E-state index in [4.69, 9.17) is 9.88 Å². The lowest BCUT2D eigenvalue weighted by atomic mass is 10.0. The second kappa shape index (κ2) is 5.91. The van der Waals surface area contributed by atoms with Gasteiger partial charge in [-0.3, -0.25) is 0 Å². The molecule has 0 atom stereocenters. The van der Waals surface area contributed by atoms with Gasteiger partial charge in [0.05, 0.1) is 17.7 Å². The molecule has 0 unspecified atom stereocenters. The van der Waals surface area contributed by atoms with Gasteiger partial charge >= 0.3 is 0 Å². The van der Waals surface area contributed by atoms with Crippen LogP contribution >= 0.6 is 0 Å². The average molecular weight is 328 g/mol. The lowest BCUT2D eigenvalue weighted by Gasteiger charge is -2.07. The molecule has 0 amide bonds. The summed E-state index contributed by atoms with van der Waals surface area (Å²) in [7, 11) is -2.05. The number of ether oxygens (including phenoxy) is 1. The molecule has 0 bridgehead atoms. The monoisotopic (exact) mass is 328 g/mol. The molecule has 3 N–H and O–H groups in total. The summed E-state index contributed by atoms with van der Waals surface area (Å²) in [6, 6.07) is 16.2. The van der Waals surface area contributed by atoms with Crippen LogP contribution in [0.15, 0.2) is 65.7 Å². The van der Waals surface area contributed by atoms with Gasteiger partial charge in [-0.15, -0.1) is 0 Å². The molecule has 118 valence electrons. The average Bonchev–Trinajstić information content (AvgIpc) is 3.04. The van der Waals surface area contributed by atoms with Crippen molar-refractivity contribution in [2.24, 2.45) is 5.14 Å². The topological polar surface area (TPSA) is 85.2 Å². The maximum Gasteiger partial charge on any atom is 0.238 e. The second-order valence-corrected chi connectivity index (χ2v) is 6.63. The number of benzene rings is 2. The van der Waals surface area contributed by atoms with Crippen LogP contribution in [0.3, 0.4) is 0 Å². The zero-order chi connectivity index (χ0) is 16.4. The first-order chi connectivity index (χ1) is 11.0. The minimum absolute atomic E-state index is 0.0961. The number of nitrogens with one attached hydrogen (secondary N) is 1. The van der Waals surface area contributed by atoms with Crippen molar-refractivity contribution in [3.8, 4) is 28.1 Å². The predicted molar refractivity (Wildman–Crippen MR) is 89.6 cm³/mol. The molecule has 0 aliphatic rings. The fraction of sp³-hybridized carbons (Fsp3) is 0.0588. The standard InChI is InChI=1S/C17H16N2O3S/c1-22-14-6-2-12(3-7-14)16-10-11-19-17(16)13-4-8-15(9-5-13)23(18,20)21/h2-11,19H,1H3,(H2,18,20,21). The highest BCUT2D eigenvalue weighted by Gasteiger charge is 2.11. The van der Waals surface area contributed by atoms with Gasteiger partial charge in [0.2, 0.25) is 10.0 Å².